The second-order valence-electron chi connectivity index (χ2n) is 5.15. The highest BCUT2D eigenvalue weighted by atomic mass is 32.1. The summed E-state index contributed by atoms with van der Waals surface area (Å²) in [7, 11) is 1.90. The van der Waals surface area contributed by atoms with Crippen LogP contribution in [0, 0.1) is 0 Å². The maximum absolute atomic E-state index is 11.9. The number of carbonyl (C=O) groups is 1. The Kier molecular flexibility index (Phi) is 3.92. The third-order valence-corrected chi connectivity index (χ3v) is 4.10. The van der Waals surface area contributed by atoms with Crippen LogP contribution in [0.4, 0.5) is 0 Å². The molecule has 0 aliphatic heterocycles. The van der Waals surface area contributed by atoms with Gasteiger partial charge in [-0.2, -0.15) is 0 Å². The van der Waals surface area contributed by atoms with Gasteiger partial charge in [-0.25, -0.2) is 0 Å². The molecule has 0 radical (unpaired) electrons. The van der Waals surface area contributed by atoms with Crippen LogP contribution >= 0.6 is 12.8 Å². The zero-order chi connectivity index (χ0) is 15.7. The predicted octanol–water partition coefficient (Wildman–Crippen LogP) is 2.82. The summed E-state index contributed by atoms with van der Waals surface area (Å²) in [5, 5.41) is 4.10. The van der Waals surface area contributed by atoms with E-state index in [1.165, 1.54) is 0 Å². The van der Waals surface area contributed by atoms with Crippen molar-refractivity contribution in [2.24, 2.45) is 5.73 Å². The van der Waals surface area contributed by atoms with E-state index < -0.39 is 5.91 Å². The van der Waals surface area contributed by atoms with E-state index in [1.807, 2.05) is 49.5 Å². The van der Waals surface area contributed by atoms with Gasteiger partial charge in [0.25, 0.3) is 5.91 Å². The fourth-order valence-corrected chi connectivity index (χ4v) is 3.16. The molecule has 0 fully saturated rings. The molecule has 2 aromatic carbocycles. The lowest BCUT2D eigenvalue weighted by molar-refractivity contribution is 0.0996. The smallest absolute Gasteiger partial charge is 0.266 e. The van der Waals surface area contributed by atoms with Crippen LogP contribution in [0.2, 0.25) is 0 Å². The zero-order valence-corrected chi connectivity index (χ0v) is 13.1. The molecule has 0 unspecified atom stereocenters. The standard InChI is InChI=1S/C17H17N3OS/c1-19-10-11-5-4-6-12(9-11)15-13-7-2-3-8-14(13)20(22)16(15)17(18)21/h2-9,19,22H,10H2,1H3,(H2,18,21). The van der Waals surface area contributed by atoms with E-state index in [0.717, 1.165) is 34.1 Å². The molecule has 1 amide bonds. The molecule has 1 heterocycles. The van der Waals surface area contributed by atoms with Gasteiger partial charge in [-0.05, 0) is 30.3 Å². The van der Waals surface area contributed by atoms with Gasteiger partial charge in [0.15, 0.2) is 0 Å². The maximum Gasteiger partial charge on any atom is 0.266 e. The van der Waals surface area contributed by atoms with Gasteiger partial charge in [-0.1, -0.05) is 49.2 Å². The van der Waals surface area contributed by atoms with Crippen LogP contribution in [0.25, 0.3) is 22.0 Å². The zero-order valence-electron chi connectivity index (χ0n) is 12.2. The van der Waals surface area contributed by atoms with Crippen molar-refractivity contribution in [3.8, 4) is 11.1 Å². The van der Waals surface area contributed by atoms with Gasteiger partial charge in [-0.15, -0.1) is 0 Å². The molecule has 5 heteroatoms. The van der Waals surface area contributed by atoms with Crippen molar-refractivity contribution in [2.45, 2.75) is 6.54 Å². The highest BCUT2D eigenvalue weighted by Crippen LogP contribution is 2.35. The molecule has 0 bridgehead atoms. The van der Waals surface area contributed by atoms with Crippen LogP contribution in [0.1, 0.15) is 16.1 Å². The Balaban J connectivity index is 2.32. The summed E-state index contributed by atoms with van der Waals surface area (Å²) in [5.74, 6) is -0.486. The van der Waals surface area contributed by atoms with Crippen LogP contribution in [0.15, 0.2) is 48.5 Å². The number of rotatable bonds is 4. The number of para-hydroxylation sites is 1. The largest absolute Gasteiger partial charge is 0.364 e. The average molecular weight is 311 g/mol. The summed E-state index contributed by atoms with van der Waals surface area (Å²) in [6, 6.07) is 15.9. The van der Waals surface area contributed by atoms with E-state index in [4.69, 9.17) is 5.73 Å². The molecule has 4 nitrogen and oxygen atoms in total. The molecule has 112 valence electrons. The minimum Gasteiger partial charge on any atom is -0.364 e. The number of nitrogens with zero attached hydrogens (tertiary/aromatic N) is 1. The summed E-state index contributed by atoms with van der Waals surface area (Å²) in [4.78, 5) is 11.9. The molecule has 0 saturated heterocycles. The van der Waals surface area contributed by atoms with Crippen molar-refractivity contribution in [2.75, 3.05) is 7.05 Å². The SMILES string of the molecule is CNCc1cccc(-c2c(C(N)=O)n(S)c3ccccc23)c1. The van der Waals surface area contributed by atoms with Gasteiger partial charge in [0, 0.05) is 17.5 Å². The molecule has 0 saturated carbocycles. The molecule has 0 atom stereocenters. The normalized spacial score (nSPS) is 11.0. The van der Waals surface area contributed by atoms with Crippen molar-refractivity contribution in [1.82, 2.24) is 9.29 Å². The lowest BCUT2D eigenvalue weighted by Gasteiger charge is -2.07. The second kappa shape index (κ2) is 5.87. The fraction of sp³-hybridized carbons (Fsp3) is 0.118. The number of benzene rings is 2. The Labute approximate surface area is 134 Å². The Morgan fingerprint density at radius 2 is 2.00 bits per heavy atom. The molecular weight excluding hydrogens is 294 g/mol. The minimum absolute atomic E-state index is 0.408. The first kappa shape index (κ1) is 14.7. The van der Waals surface area contributed by atoms with Gasteiger partial charge in [-0.3, -0.25) is 8.77 Å². The first-order valence-corrected chi connectivity index (χ1v) is 7.40. The van der Waals surface area contributed by atoms with E-state index in [2.05, 4.69) is 24.2 Å². The summed E-state index contributed by atoms with van der Waals surface area (Å²) >= 11 is 4.44. The van der Waals surface area contributed by atoms with Crippen LogP contribution in [0.5, 0.6) is 0 Å². The quantitative estimate of drug-likeness (QED) is 0.649. The lowest BCUT2D eigenvalue weighted by Crippen LogP contribution is -2.15. The van der Waals surface area contributed by atoms with Crippen LogP contribution in [-0.4, -0.2) is 16.9 Å². The topological polar surface area (TPSA) is 60.0 Å². The molecule has 3 rings (SSSR count). The van der Waals surface area contributed by atoms with Gasteiger partial charge in [0.05, 0.1) is 5.52 Å². The Morgan fingerprint density at radius 3 is 2.73 bits per heavy atom. The average Bonchev–Trinajstić information content (AvgIpc) is 2.82. The molecule has 0 spiro atoms. The molecular formula is C17H17N3OS. The number of nitrogens with two attached hydrogens (primary N) is 1. The highest BCUT2D eigenvalue weighted by Gasteiger charge is 2.20. The molecule has 1 aromatic heterocycles. The first-order valence-electron chi connectivity index (χ1n) is 7.00. The fourth-order valence-electron chi connectivity index (χ4n) is 2.78. The van der Waals surface area contributed by atoms with Gasteiger partial charge in [0.1, 0.15) is 5.69 Å². The molecule has 22 heavy (non-hydrogen) atoms. The van der Waals surface area contributed by atoms with Gasteiger partial charge < -0.3 is 11.1 Å². The molecule has 3 aromatic rings. The Hall–Kier alpha value is -2.24. The number of hydrogen-bond donors (Lipinski definition) is 3. The maximum atomic E-state index is 11.9. The number of amides is 1. The molecule has 3 N–H and O–H groups in total. The van der Waals surface area contributed by atoms with Crippen LogP contribution < -0.4 is 11.1 Å². The number of nitrogens with one attached hydrogen (secondary N) is 1. The second-order valence-corrected chi connectivity index (χ2v) is 5.55. The van der Waals surface area contributed by atoms with Gasteiger partial charge in [0.2, 0.25) is 0 Å². The first-order chi connectivity index (χ1) is 10.6. The number of thiol groups is 1. The van der Waals surface area contributed by atoms with Crippen molar-refractivity contribution in [1.29, 1.82) is 0 Å². The molecule has 0 aliphatic carbocycles. The van der Waals surface area contributed by atoms with E-state index in [-0.39, 0.29) is 0 Å². The Morgan fingerprint density at radius 1 is 1.23 bits per heavy atom. The van der Waals surface area contributed by atoms with E-state index in [9.17, 15) is 4.79 Å². The van der Waals surface area contributed by atoms with E-state index >= 15 is 0 Å². The summed E-state index contributed by atoms with van der Waals surface area (Å²) in [6.45, 7) is 0.763. The summed E-state index contributed by atoms with van der Waals surface area (Å²) in [5.41, 5.74) is 9.81. The van der Waals surface area contributed by atoms with Crippen molar-refractivity contribution in [3.63, 3.8) is 0 Å². The predicted molar refractivity (Wildman–Crippen MR) is 93.0 cm³/mol. The van der Waals surface area contributed by atoms with Crippen LogP contribution in [0.3, 0.4) is 0 Å². The van der Waals surface area contributed by atoms with Crippen molar-refractivity contribution >= 4 is 29.6 Å². The Bertz CT molecular complexity index is 854. The van der Waals surface area contributed by atoms with E-state index in [0.29, 0.717) is 5.69 Å². The van der Waals surface area contributed by atoms with E-state index in [1.54, 1.807) is 3.97 Å². The number of carbonyl (C=O) groups excluding carboxylic acids is 1. The van der Waals surface area contributed by atoms with Crippen LogP contribution in [-0.2, 0) is 6.54 Å². The third kappa shape index (κ3) is 2.38. The summed E-state index contributed by atoms with van der Waals surface area (Å²) in [6.07, 6.45) is 0. The highest BCUT2D eigenvalue weighted by molar-refractivity contribution is 7.78. The van der Waals surface area contributed by atoms with Crippen molar-refractivity contribution < 1.29 is 4.79 Å². The number of fused-ring (bicyclic) bond motifs is 1. The lowest BCUT2D eigenvalue weighted by atomic mass is 9.99. The number of hydrogen-bond acceptors (Lipinski definition) is 3. The monoisotopic (exact) mass is 311 g/mol. The van der Waals surface area contributed by atoms with Crippen molar-refractivity contribution in [3.05, 3.63) is 59.8 Å². The summed E-state index contributed by atoms with van der Waals surface area (Å²) < 4.78 is 1.57. The minimum atomic E-state index is -0.486. The molecule has 0 aliphatic rings. The third-order valence-electron chi connectivity index (χ3n) is 3.68. The number of primary amides is 1. The van der Waals surface area contributed by atoms with Gasteiger partial charge >= 0.3 is 0 Å². The number of aromatic nitrogens is 1.